The molecular formula is C16H20BrN3. The van der Waals surface area contributed by atoms with E-state index in [-0.39, 0.29) is 0 Å². The quantitative estimate of drug-likeness (QED) is 0.930. The normalized spacial score (nSPS) is 19.2. The van der Waals surface area contributed by atoms with Crippen molar-refractivity contribution in [3.63, 3.8) is 0 Å². The minimum Gasteiger partial charge on any atom is -0.358 e. The number of anilines is 1. The third kappa shape index (κ3) is 2.81. The SMILES string of the molecule is CN(CC1CCCCN1)c1nccc2c(Br)cccc12. The first-order chi connectivity index (χ1) is 9.75. The fourth-order valence-corrected chi connectivity index (χ4v) is 3.45. The van der Waals surface area contributed by atoms with E-state index in [4.69, 9.17) is 0 Å². The van der Waals surface area contributed by atoms with Gasteiger partial charge in [0.1, 0.15) is 5.82 Å². The Morgan fingerprint density at radius 3 is 3.00 bits per heavy atom. The Bertz CT molecular complexity index is 593. The number of fused-ring (bicyclic) bond motifs is 1. The van der Waals surface area contributed by atoms with Crippen molar-refractivity contribution < 1.29 is 0 Å². The lowest BCUT2D eigenvalue weighted by atomic mass is 10.0. The van der Waals surface area contributed by atoms with Crippen LogP contribution in [-0.4, -0.2) is 31.2 Å². The fourth-order valence-electron chi connectivity index (χ4n) is 2.95. The zero-order valence-electron chi connectivity index (χ0n) is 11.8. The molecule has 1 fully saturated rings. The summed E-state index contributed by atoms with van der Waals surface area (Å²) in [6.45, 7) is 2.16. The second-order valence-corrected chi connectivity index (χ2v) is 6.35. The number of benzene rings is 1. The van der Waals surface area contributed by atoms with Gasteiger partial charge in [0.2, 0.25) is 0 Å². The number of hydrogen-bond donors (Lipinski definition) is 1. The molecule has 2 aromatic rings. The molecule has 0 spiro atoms. The lowest BCUT2D eigenvalue weighted by Crippen LogP contribution is -2.42. The molecule has 1 atom stereocenters. The van der Waals surface area contributed by atoms with E-state index in [1.54, 1.807) is 0 Å². The van der Waals surface area contributed by atoms with Crippen molar-refractivity contribution in [3.8, 4) is 0 Å². The Kier molecular flexibility index (Phi) is 4.22. The van der Waals surface area contributed by atoms with E-state index in [2.05, 4.69) is 62.4 Å². The van der Waals surface area contributed by atoms with E-state index >= 15 is 0 Å². The van der Waals surface area contributed by atoms with Crippen LogP contribution in [0.15, 0.2) is 34.9 Å². The van der Waals surface area contributed by atoms with Crippen molar-refractivity contribution >= 4 is 32.5 Å². The molecule has 3 rings (SSSR count). The molecular weight excluding hydrogens is 314 g/mol. The Morgan fingerprint density at radius 1 is 1.30 bits per heavy atom. The molecule has 1 aliphatic heterocycles. The van der Waals surface area contributed by atoms with Crippen LogP contribution >= 0.6 is 15.9 Å². The van der Waals surface area contributed by atoms with Crippen molar-refractivity contribution in [3.05, 3.63) is 34.9 Å². The molecule has 1 aromatic heterocycles. The molecule has 0 radical (unpaired) electrons. The van der Waals surface area contributed by atoms with Gasteiger partial charge in [0.15, 0.2) is 0 Å². The first-order valence-corrected chi connectivity index (χ1v) is 8.03. The lowest BCUT2D eigenvalue weighted by Gasteiger charge is -2.29. The largest absolute Gasteiger partial charge is 0.358 e. The van der Waals surface area contributed by atoms with Crippen LogP contribution in [0, 0.1) is 0 Å². The summed E-state index contributed by atoms with van der Waals surface area (Å²) in [5, 5.41) is 6.03. The van der Waals surface area contributed by atoms with Gasteiger partial charge >= 0.3 is 0 Å². The molecule has 0 aliphatic carbocycles. The summed E-state index contributed by atoms with van der Waals surface area (Å²) in [6, 6.07) is 8.94. The van der Waals surface area contributed by atoms with Crippen LogP contribution in [-0.2, 0) is 0 Å². The number of rotatable bonds is 3. The molecule has 1 N–H and O–H groups in total. The molecule has 3 nitrogen and oxygen atoms in total. The number of nitrogens with one attached hydrogen (secondary N) is 1. The maximum absolute atomic E-state index is 4.59. The minimum atomic E-state index is 0.581. The third-order valence-corrected chi connectivity index (χ3v) is 4.69. The van der Waals surface area contributed by atoms with Gasteiger partial charge in [0.05, 0.1) is 0 Å². The molecule has 1 aromatic carbocycles. The number of aromatic nitrogens is 1. The summed E-state index contributed by atoms with van der Waals surface area (Å²) < 4.78 is 1.13. The summed E-state index contributed by atoms with van der Waals surface area (Å²) in [5.41, 5.74) is 0. The van der Waals surface area contributed by atoms with Crippen LogP contribution in [0.2, 0.25) is 0 Å². The van der Waals surface area contributed by atoms with Crippen LogP contribution in [0.5, 0.6) is 0 Å². The summed E-state index contributed by atoms with van der Waals surface area (Å²) in [7, 11) is 2.14. The summed E-state index contributed by atoms with van der Waals surface area (Å²) >= 11 is 3.62. The first kappa shape index (κ1) is 13.8. The smallest absolute Gasteiger partial charge is 0.136 e. The second kappa shape index (κ2) is 6.10. The number of nitrogens with zero attached hydrogens (tertiary/aromatic N) is 2. The molecule has 20 heavy (non-hydrogen) atoms. The maximum Gasteiger partial charge on any atom is 0.136 e. The standard InChI is InChI=1S/C16H20BrN3/c1-20(11-12-5-2-3-9-18-12)16-14-6-4-7-15(17)13(14)8-10-19-16/h4,6-8,10,12,18H,2-3,5,9,11H2,1H3. The summed E-state index contributed by atoms with van der Waals surface area (Å²) in [6.07, 6.45) is 5.80. The van der Waals surface area contributed by atoms with Gasteiger partial charge in [0, 0.05) is 41.1 Å². The van der Waals surface area contributed by atoms with Crippen molar-refractivity contribution in [2.75, 3.05) is 25.0 Å². The Morgan fingerprint density at radius 2 is 2.20 bits per heavy atom. The zero-order chi connectivity index (χ0) is 13.9. The Labute approximate surface area is 128 Å². The highest BCUT2D eigenvalue weighted by atomic mass is 79.9. The fraction of sp³-hybridized carbons (Fsp3) is 0.438. The highest BCUT2D eigenvalue weighted by Crippen LogP contribution is 2.29. The molecule has 0 amide bonds. The number of piperidine rings is 1. The Balaban J connectivity index is 1.87. The summed E-state index contributed by atoms with van der Waals surface area (Å²) in [4.78, 5) is 6.87. The number of halogens is 1. The Hall–Kier alpha value is -1.13. The van der Waals surface area contributed by atoms with Crippen molar-refractivity contribution in [2.24, 2.45) is 0 Å². The molecule has 1 aliphatic rings. The van der Waals surface area contributed by atoms with Crippen molar-refractivity contribution in [1.29, 1.82) is 0 Å². The minimum absolute atomic E-state index is 0.581. The van der Waals surface area contributed by atoms with E-state index < -0.39 is 0 Å². The summed E-state index contributed by atoms with van der Waals surface area (Å²) in [5.74, 6) is 1.07. The zero-order valence-corrected chi connectivity index (χ0v) is 13.4. The molecule has 1 saturated heterocycles. The average molecular weight is 334 g/mol. The van der Waals surface area contributed by atoms with Gasteiger partial charge in [-0.05, 0) is 31.5 Å². The van der Waals surface area contributed by atoms with Crippen LogP contribution in [0.1, 0.15) is 19.3 Å². The average Bonchev–Trinajstić information content (AvgIpc) is 2.48. The molecule has 2 heterocycles. The van der Waals surface area contributed by atoms with Crippen LogP contribution < -0.4 is 10.2 Å². The molecule has 1 unspecified atom stereocenters. The van der Waals surface area contributed by atoms with Crippen molar-refractivity contribution in [2.45, 2.75) is 25.3 Å². The number of likely N-dealkylation sites (N-methyl/N-ethyl adjacent to an activating group) is 1. The van der Waals surface area contributed by atoms with Gasteiger partial charge in [-0.15, -0.1) is 0 Å². The van der Waals surface area contributed by atoms with E-state index in [0.29, 0.717) is 6.04 Å². The molecule has 106 valence electrons. The van der Waals surface area contributed by atoms with Crippen LogP contribution in [0.4, 0.5) is 5.82 Å². The van der Waals surface area contributed by atoms with E-state index in [1.807, 2.05) is 6.20 Å². The van der Waals surface area contributed by atoms with Crippen molar-refractivity contribution in [1.82, 2.24) is 10.3 Å². The first-order valence-electron chi connectivity index (χ1n) is 7.23. The van der Waals surface area contributed by atoms with E-state index in [0.717, 1.165) is 23.4 Å². The lowest BCUT2D eigenvalue weighted by molar-refractivity contribution is 0.403. The molecule has 0 bridgehead atoms. The topological polar surface area (TPSA) is 28.2 Å². The van der Waals surface area contributed by atoms with Gasteiger partial charge in [-0.25, -0.2) is 4.98 Å². The number of hydrogen-bond acceptors (Lipinski definition) is 3. The monoisotopic (exact) mass is 333 g/mol. The van der Waals surface area contributed by atoms with E-state index in [9.17, 15) is 0 Å². The number of pyridine rings is 1. The van der Waals surface area contributed by atoms with Crippen LogP contribution in [0.3, 0.4) is 0 Å². The second-order valence-electron chi connectivity index (χ2n) is 5.50. The molecule has 0 saturated carbocycles. The highest BCUT2D eigenvalue weighted by Gasteiger charge is 2.16. The van der Waals surface area contributed by atoms with Gasteiger partial charge in [-0.3, -0.25) is 0 Å². The van der Waals surface area contributed by atoms with E-state index in [1.165, 1.54) is 30.0 Å². The predicted octanol–water partition coefficient (Wildman–Crippen LogP) is 3.58. The third-order valence-electron chi connectivity index (χ3n) is 4.00. The van der Waals surface area contributed by atoms with Gasteiger partial charge < -0.3 is 10.2 Å². The molecule has 4 heteroatoms. The highest BCUT2D eigenvalue weighted by molar-refractivity contribution is 9.10. The maximum atomic E-state index is 4.59. The van der Waals surface area contributed by atoms with Gasteiger partial charge in [-0.1, -0.05) is 34.5 Å². The van der Waals surface area contributed by atoms with Crippen LogP contribution in [0.25, 0.3) is 10.8 Å². The van der Waals surface area contributed by atoms with Gasteiger partial charge in [0.25, 0.3) is 0 Å². The predicted molar refractivity (Wildman–Crippen MR) is 88.4 cm³/mol. The van der Waals surface area contributed by atoms with Gasteiger partial charge in [-0.2, -0.15) is 0 Å².